The fourth-order valence-corrected chi connectivity index (χ4v) is 5.36. The Hall–Kier alpha value is -2.97. The number of pyridine rings is 1. The maximum absolute atomic E-state index is 10.2. The van der Waals surface area contributed by atoms with E-state index < -0.39 is 0 Å². The number of aliphatic hydroxyl groups is 1. The van der Waals surface area contributed by atoms with Crippen molar-refractivity contribution in [3.05, 3.63) is 59.5 Å². The second kappa shape index (κ2) is 8.88. The Labute approximate surface area is 190 Å². The van der Waals surface area contributed by atoms with Crippen molar-refractivity contribution >= 4 is 38.0 Å². The van der Waals surface area contributed by atoms with Crippen molar-refractivity contribution < 1.29 is 9.94 Å². The molecule has 1 fully saturated rings. The second-order valence-corrected chi connectivity index (χ2v) is 9.38. The first kappa shape index (κ1) is 20.9. The molecule has 5 rings (SSSR count). The van der Waals surface area contributed by atoms with Crippen molar-refractivity contribution in [2.45, 2.75) is 51.2 Å². The van der Waals surface area contributed by atoms with Gasteiger partial charge in [-0.25, -0.2) is 9.97 Å². The highest BCUT2D eigenvalue weighted by molar-refractivity contribution is 7.22. The van der Waals surface area contributed by atoms with Crippen LogP contribution < -0.4 is 5.32 Å². The lowest BCUT2D eigenvalue weighted by Crippen LogP contribution is -2.36. The van der Waals surface area contributed by atoms with Gasteiger partial charge in [0, 0.05) is 30.1 Å². The van der Waals surface area contributed by atoms with Gasteiger partial charge in [0.2, 0.25) is 0 Å². The number of aliphatic hydroxyl groups excluding tert-OH is 1. The van der Waals surface area contributed by atoms with Gasteiger partial charge in [0.1, 0.15) is 12.8 Å². The van der Waals surface area contributed by atoms with E-state index in [0.29, 0.717) is 0 Å². The van der Waals surface area contributed by atoms with Gasteiger partial charge in [-0.1, -0.05) is 35.4 Å². The van der Waals surface area contributed by atoms with Crippen molar-refractivity contribution in [3.8, 4) is 0 Å². The Morgan fingerprint density at radius 1 is 1.28 bits per heavy atom. The van der Waals surface area contributed by atoms with Crippen molar-refractivity contribution in [1.29, 1.82) is 0 Å². The molecule has 7 nitrogen and oxygen atoms in total. The van der Waals surface area contributed by atoms with Crippen LogP contribution in [-0.2, 0) is 11.3 Å². The molecule has 0 bridgehead atoms. The number of nitrogens with zero attached hydrogens (tertiary/aromatic N) is 4. The minimum absolute atomic E-state index is 0.101. The van der Waals surface area contributed by atoms with E-state index in [0.717, 1.165) is 70.1 Å². The molecule has 32 heavy (non-hydrogen) atoms. The zero-order valence-corrected chi connectivity index (χ0v) is 19.1. The van der Waals surface area contributed by atoms with E-state index in [9.17, 15) is 5.11 Å². The maximum Gasteiger partial charge on any atom is 0.184 e. The summed E-state index contributed by atoms with van der Waals surface area (Å²) >= 11 is 1.65. The summed E-state index contributed by atoms with van der Waals surface area (Å²) in [5, 5.41) is 18.6. The Balaban J connectivity index is 1.36. The summed E-state index contributed by atoms with van der Waals surface area (Å²) in [6.45, 7) is 1.92. The molecule has 0 radical (unpaired) electrons. The molecule has 0 aliphatic heterocycles. The van der Waals surface area contributed by atoms with E-state index in [-0.39, 0.29) is 12.1 Å². The van der Waals surface area contributed by atoms with Gasteiger partial charge in [0.15, 0.2) is 5.13 Å². The topological polar surface area (TPSA) is 84.0 Å². The molecular weight excluding hydrogens is 422 g/mol. The summed E-state index contributed by atoms with van der Waals surface area (Å²) in [6.07, 6.45) is 8.58. The van der Waals surface area contributed by atoms with Gasteiger partial charge < -0.3 is 19.7 Å². The normalized spacial score (nSPS) is 19.5. The van der Waals surface area contributed by atoms with Crippen LogP contribution in [0.2, 0.25) is 0 Å². The molecule has 3 heterocycles. The lowest BCUT2D eigenvalue weighted by atomic mass is 9.93. The lowest BCUT2D eigenvalue weighted by molar-refractivity contribution is 0.116. The number of rotatable bonds is 6. The number of hydrogen-bond donors (Lipinski definition) is 2. The number of oxime groups is 1. The molecule has 2 unspecified atom stereocenters. The number of thiazole rings is 1. The van der Waals surface area contributed by atoms with E-state index in [1.54, 1.807) is 18.4 Å². The molecule has 0 saturated heterocycles. The molecule has 0 amide bonds. The largest absolute Gasteiger partial charge is 0.399 e. The summed E-state index contributed by atoms with van der Waals surface area (Å²) < 4.78 is 3.26. The third-order valence-electron chi connectivity index (χ3n) is 6.11. The summed E-state index contributed by atoms with van der Waals surface area (Å²) in [6, 6.07) is 10.6. The van der Waals surface area contributed by atoms with Gasteiger partial charge in [-0.05, 0) is 49.6 Å². The molecule has 4 aromatic rings. The average molecular weight is 450 g/mol. The first-order valence-electron chi connectivity index (χ1n) is 11.0. The van der Waals surface area contributed by atoms with Gasteiger partial charge >= 0.3 is 0 Å². The van der Waals surface area contributed by atoms with Crippen LogP contribution in [0.15, 0.2) is 47.9 Å². The smallest absolute Gasteiger partial charge is 0.184 e. The molecule has 8 heteroatoms. The predicted octanol–water partition coefficient (Wildman–Crippen LogP) is 4.62. The summed E-state index contributed by atoms with van der Waals surface area (Å²) in [5.41, 5.74) is 6.03. The molecule has 1 aliphatic rings. The second-order valence-electron chi connectivity index (χ2n) is 8.35. The van der Waals surface area contributed by atoms with Crippen LogP contribution in [0, 0.1) is 0 Å². The molecule has 1 aliphatic carbocycles. The van der Waals surface area contributed by atoms with Crippen molar-refractivity contribution in [1.82, 2.24) is 14.4 Å². The Morgan fingerprint density at radius 3 is 3.00 bits per heavy atom. The SMILES string of the molecule is CON=C(C)c1ccn2c(Cc3ccc4nc(NC5CCCCC5O)sc4c3)cnc2c1. The summed E-state index contributed by atoms with van der Waals surface area (Å²) in [5.74, 6) is 0. The first-order chi connectivity index (χ1) is 15.6. The minimum Gasteiger partial charge on any atom is -0.399 e. The molecular formula is C24H27N5O2S. The van der Waals surface area contributed by atoms with Crippen LogP contribution >= 0.6 is 11.3 Å². The third kappa shape index (κ3) is 4.20. The lowest BCUT2D eigenvalue weighted by Gasteiger charge is -2.27. The van der Waals surface area contributed by atoms with Crippen LogP contribution in [0.5, 0.6) is 0 Å². The number of fused-ring (bicyclic) bond motifs is 2. The fourth-order valence-electron chi connectivity index (χ4n) is 4.37. The standard InChI is InChI=1S/C24H27N5O2S/c1-15(28-31-2)17-9-10-29-18(14-25-23(29)13-17)11-16-7-8-20-22(12-16)32-24(27-20)26-19-5-3-4-6-21(19)30/h7-10,12-14,19,21,30H,3-6,11H2,1-2H3,(H,26,27). The highest BCUT2D eigenvalue weighted by Crippen LogP contribution is 2.30. The Kier molecular flexibility index (Phi) is 5.80. The minimum atomic E-state index is -0.286. The van der Waals surface area contributed by atoms with Crippen LogP contribution in [-0.4, -0.2) is 44.4 Å². The molecule has 2 N–H and O–H groups in total. The average Bonchev–Trinajstić information content (AvgIpc) is 3.38. The number of benzene rings is 1. The molecule has 0 spiro atoms. The van der Waals surface area contributed by atoms with E-state index in [1.807, 2.05) is 31.5 Å². The van der Waals surface area contributed by atoms with Crippen molar-refractivity contribution in [3.63, 3.8) is 0 Å². The van der Waals surface area contributed by atoms with E-state index in [4.69, 9.17) is 9.82 Å². The van der Waals surface area contributed by atoms with E-state index in [1.165, 1.54) is 5.56 Å². The summed E-state index contributed by atoms with van der Waals surface area (Å²) in [4.78, 5) is 14.2. The Morgan fingerprint density at radius 2 is 2.16 bits per heavy atom. The van der Waals surface area contributed by atoms with Gasteiger partial charge in [0.05, 0.1) is 28.1 Å². The maximum atomic E-state index is 10.2. The molecule has 1 saturated carbocycles. The number of aromatic nitrogens is 3. The van der Waals surface area contributed by atoms with Crippen LogP contribution in [0.1, 0.15) is 49.4 Å². The van der Waals surface area contributed by atoms with Crippen LogP contribution in [0.3, 0.4) is 0 Å². The number of imidazole rings is 1. The van der Waals surface area contributed by atoms with Crippen LogP contribution in [0.4, 0.5) is 5.13 Å². The number of hydrogen-bond acceptors (Lipinski definition) is 7. The summed E-state index contributed by atoms with van der Waals surface area (Å²) in [7, 11) is 1.55. The zero-order chi connectivity index (χ0) is 22.1. The zero-order valence-electron chi connectivity index (χ0n) is 18.3. The van der Waals surface area contributed by atoms with Gasteiger partial charge in [0.25, 0.3) is 0 Å². The quantitative estimate of drug-likeness (QED) is 0.331. The highest BCUT2D eigenvalue weighted by Gasteiger charge is 2.23. The fraction of sp³-hybridized carbons (Fsp3) is 0.375. The monoisotopic (exact) mass is 449 g/mol. The van der Waals surface area contributed by atoms with Gasteiger partial charge in [-0.3, -0.25) is 0 Å². The first-order valence-corrected chi connectivity index (χ1v) is 11.8. The van der Waals surface area contributed by atoms with Gasteiger partial charge in [-0.2, -0.15) is 0 Å². The van der Waals surface area contributed by atoms with Gasteiger partial charge in [-0.15, -0.1) is 0 Å². The highest BCUT2D eigenvalue weighted by atomic mass is 32.1. The van der Waals surface area contributed by atoms with Crippen LogP contribution in [0.25, 0.3) is 15.9 Å². The predicted molar refractivity (Wildman–Crippen MR) is 129 cm³/mol. The molecule has 1 aromatic carbocycles. The Bertz CT molecular complexity index is 1280. The van der Waals surface area contributed by atoms with E-state index >= 15 is 0 Å². The third-order valence-corrected chi connectivity index (χ3v) is 7.06. The molecule has 2 atom stereocenters. The van der Waals surface area contributed by atoms with Crippen molar-refractivity contribution in [2.24, 2.45) is 5.16 Å². The number of nitrogens with one attached hydrogen (secondary N) is 1. The molecule has 166 valence electrons. The number of anilines is 1. The molecule has 3 aromatic heterocycles. The van der Waals surface area contributed by atoms with Crippen molar-refractivity contribution in [2.75, 3.05) is 12.4 Å². The van der Waals surface area contributed by atoms with E-state index in [2.05, 4.69) is 38.1 Å².